The van der Waals surface area contributed by atoms with E-state index in [1.165, 1.54) is 16.6 Å². The van der Waals surface area contributed by atoms with Gasteiger partial charge < -0.3 is 22.2 Å². The maximum absolute atomic E-state index is 7.14. The van der Waals surface area contributed by atoms with E-state index < -0.39 is 0 Å². The van der Waals surface area contributed by atoms with E-state index in [1.807, 2.05) is 67.6 Å². The zero-order chi connectivity index (χ0) is 23.1. The van der Waals surface area contributed by atoms with Crippen molar-refractivity contribution in [2.75, 3.05) is 10.3 Å². The van der Waals surface area contributed by atoms with E-state index in [9.17, 15) is 0 Å². The van der Waals surface area contributed by atoms with E-state index in [0.717, 1.165) is 23.2 Å². The van der Waals surface area contributed by atoms with Crippen LogP contribution < -0.4 is 27.6 Å². The Hall–Kier alpha value is -4.36. The van der Waals surface area contributed by atoms with Gasteiger partial charge in [0.15, 0.2) is 0 Å². The highest BCUT2D eigenvalue weighted by atomic mass is 15.4. The van der Waals surface area contributed by atoms with Crippen LogP contribution in [0, 0.1) is 12.3 Å². The molecule has 7 heteroatoms. The number of hydrazine groups is 1. The van der Waals surface area contributed by atoms with Crippen molar-refractivity contribution in [2.45, 2.75) is 6.92 Å². The molecule has 3 rings (SSSR count). The first kappa shape index (κ1) is 22.3. The number of pyridine rings is 1. The van der Waals surface area contributed by atoms with Gasteiger partial charge in [-0.2, -0.15) is 0 Å². The number of benzene rings is 2. The second-order valence-electron chi connectivity index (χ2n) is 7.20. The van der Waals surface area contributed by atoms with Crippen LogP contribution in [0.5, 0.6) is 0 Å². The largest absolute Gasteiger partial charge is 0.397 e. The minimum Gasteiger partial charge on any atom is -0.397 e. The molecule has 0 aliphatic heterocycles. The summed E-state index contributed by atoms with van der Waals surface area (Å²) in [5.41, 5.74) is 18.6. The van der Waals surface area contributed by atoms with Crippen molar-refractivity contribution in [2.24, 2.45) is 17.3 Å². The summed E-state index contributed by atoms with van der Waals surface area (Å²) in [7, 11) is 0. The van der Waals surface area contributed by atoms with Crippen molar-refractivity contribution in [1.29, 1.82) is 5.41 Å². The molecule has 3 aromatic rings. The smallest absolute Gasteiger partial charge is 0.0867 e. The Morgan fingerprint density at radius 2 is 1.62 bits per heavy atom. The molecule has 0 radical (unpaired) electrons. The SMILES string of the molecule is C=C(Nc1ccc(N(N)/C=C(\N)c2ccc(C)cc2)cc1)c1cccc(/C(N)=C/C=N)n1. The number of hydrogen-bond donors (Lipinski definition) is 5. The number of rotatable bonds is 8. The van der Waals surface area contributed by atoms with Gasteiger partial charge in [-0.25, -0.2) is 10.8 Å². The summed E-state index contributed by atoms with van der Waals surface area (Å²) in [6.45, 7) is 6.09. The molecule has 32 heavy (non-hydrogen) atoms. The Bertz CT molecular complexity index is 1160. The summed E-state index contributed by atoms with van der Waals surface area (Å²) in [5.74, 6) is 6.17. The van der Waals surface area contributed by atoms with Crippen LogP contribution in [-0.2, 0) is 0 Å². The lowest BCUT2D eigenvalue weighted by molar-refractivity contribution is 1.08. The maximum Gasteiger partial charge on any atom is 0.0867 e. The number of allylic oxidation sites excluding steroid dienone is 1. The Labute approximate surface area is 188 Å². The third kappa shape index (κ3) is 5.62. The molecule has 0 amide bonds. The van der Waals surface area contributed by atoms with Crippen LogP contribution in [-0.4, -0.2) is 11.2 Å². The highest BCUT2D eigenvalue weighted by Gasteiger charge is 2.06. The Balaban J connectivity index is 1.69. The Morgan fingerprint density at radius 1 is 0.969 bits per heavy atom. The molecule has 0 aliphatic carbocycles. The quantitative estimate of drug-likeness (QED) is 0.210. The fourth-order valence-electron chi connectivity index (χ4n) is 2.94. The lowest BCUT2D eigenvalue weighted by Gasteiger charge is -2.16. The van der Waals surface area contributed by atoms with Gasteiger partial charge in [0.1, 0.15) is 0 Å². The fourth-order valence-corrected chi connectivity index (χ4v) is 2.94. The molecule has 0 atom stereocenters. The molecule has 162 valence electrons. The lowest BCUT2D eigenvalue weighted by atomic mass is 10.1. The van der Waals surface area contributed by atoms with Crippen LogP contribution in [0.25, 0.3) is 17.1 Å². The predicted octanol–water partition coefficient (Wildman–Crippen LogP) is 4.06. The molecule has 0 saturated carbocycles. The van der Waals surface area contributed by atoms with Crippen LogP contribution in [0.15, 0.2) is 85.6 Å². The monoisotopic (exact) mass is 425 g/mol. The Morgan fingerprint density at radius 3 is 2.28 bits per heavy atom. The highest BCUT2D eigenvalue weighted by Crippen LogP contribution is 2.21. The van der Waals surface area contributed by atoms with Crippen LogP contribution >= 0.6 is 0 Å². The van der Waals surface area contributed by atoms with Gasteiger partial charge in [0.05, 0.1) is 34.2 Å². The molecule has 8 N–H and O–H groups in total. The highest BCUT2D eigenvalue weighted by molar-refractivity contribution is 5.81. The van der Waals surface area contributed by atoms with Gasteiger partial charge in [-0.15, -0.1) is 0 Å². The average molecular weight is 426 g/mol. The van der Waals surface area contributed by atoms with Crippen LogP contribution in [0.2, 0.25) is 0 Å². The van der Waals surface area contributed by atoms with E-state index in [0.29, 0.717) is 28.5 Å². The number of aromatic nitrogens is 1. The zero-order valence-corrected chi connectivity index (χ0v) is 17.9. The van der Waals surface area contributed by atoms with Crippen molar-refractivity contribution < 1.29 is 0 Å². The summed E-state index contributed by atoms with van der Waals surface area (Å²) in [4.78, 5) is 4.49. The third-order valence-corrected chi connectivity index (χ3v) is 4.74. The summed E-state index contributed by atoms with van der Waals surface area (Å²) in [6, 6.07) is 20.9. The van der Waals surface area contributed by atoms with E-state index in [2.05, 4.69) is 16.9 Å². The van der Waals surface area contributed by atoms with Crippen molar-refractivity contribution in [3.63, 3.8) is 0 Å². The van der Waals surface area contributed by atoms with Crippen LogP contribution in [0.4, 0.5) is 11.4 Å². The van der Waals surface area contributed by atoms with Crippen molar-refractivity contribution in [3.8, 4) is 0 Å². The number of nitrogens with zero attached hydrogens (tertiary/aromatic N) is 2. The minimum atomic E-state index is 0.417. The molecule has 0 fully saturated rings. The summed E-state index contributed by atoms with van der Waals surface area (Å²) < 4.78 is 0. The third-order valence-electron chi connectivity index (χ3n) is 4.74. The minimum absolute atomic E-state index is 0.417. The molecule has 0 saturated heterocycles. The second kappa shape index (κ2) is 10.1. The fraction of sp³-hybridized carbons (Fsp3) is 0.0400. The number of aryl methyl sites for hydroxylation is 1. The molecular weight excluding hydrogens is 398 g/mol. The lowest BCUT2D eigenvalue weighted by Crippen LogP contribution is -2.25. The van der Waals surface area contributed by atoms with E-state index in [4.69, 9.17) is 22.7 Å². The van der Waals surface area contributed by atoms with Gasteiger partial charge in [-0.1, -0.05) is 42.5 Å². The number of nitrogens with one attached hydrogen (secondary N) is 2. The number of nitrogens with two attached hydrogens (primary N) is 3. The van der Waals surface area contributed by atoms with Crippen LogP contribution in [0.1, 0.15) is 22.5 Å². The van der Waals surface area contributed by atoms with Crippen molar-refractivity contribution in [3.05, 3.63) is 108 Å². The number of hydrogen-bond acceptors (Lipinski definition) is 7. The van der Waals surface area contributed by atoms with Gasteiger partial charge in [-0.05, 0) is 55.0 Å². The summed E-state index contributed by atoms with van der Waals surface area (Å²) in [6.07, 6.45) is 4.30. The van der Waals surface area contributed by atoms with Gasteiger partial charge in [-0.3, -0.25) is 5.01 Å². The molecule has 7 nitrogen and oxygen atoms in total. The first-order valence-electron chi connectivity index (χ1n) is 9.95. The summed E-state index contributed by atoms with van der Waals surface area (Å²) >= 11 is 0. The Kier molecular flexibility index (Phi) is 7.05. The van der Waals surface area contributed by atoms with Crippen molar-refractivity contribution >= 4 is 34.7 Å². The molecule has 0 aliphatic rings. The van der Waals surface area contributed by atoms with Gasteiger partial charge >= 0.3 is 0 Å². The molecule has 0 spiro atoms. The van der Waals surface area contributed by atoms with E-state index >= 15 is 0 Å². The molecule has 1 aromatic heterocycles. The normalized spacial score (nSPS) is 11.7. The molecule has 0 unspecified atom stereocenters. The van der Waals surface area contributed by atoms with Gasteiger partial charge in [0.25, 0.3) is 0 Å². The standard InChI is InChI=1S/C25H27N7/c1-17-6-8-19(9-7-17)23(28)16-32(29)21-12-10-20(11-13-21)30-18(2)24-4-3-5-25(31-24)22(27)14-15-26/h3-16,26,30H,2,27-29H2,1H3/b22-14-,23-16-,26-15?. The van der Waals surface area contributed by atoms with E-state index in [-0.39, 0.29) is 0 Å². The summed E-state index contributed by atoms with van der Waals surface area (Å²) in [5, 5.41) is 11.9. The van der Waals surface area contributed by atoms with Crippen molar-refractivity contribution in [1.82, 2.24) is 4.98 Å². The predicted molar refractivity (Wildman–Crippen MR) is 134 cm³/mol. The maximum atomic E-state index is 7.14. The molecular formula is C25H27N7. The first-order valence-corrected chi connectivity index (χ1v) is 9.95. The zero-order valence-electron chi connectivity index (χ0n) is 17.9. The van der Waals surface area contributed by atoms with Gasteiger partial charge in [0.2, 0.25) is 0 Å². The molecule has 2 aromatic carbocycles. The first-order chi connectivity index (χ1) is 15.4. The molecule has 0 bridgehead atoms. The second-order valence-corrected chi connectivity index (χ2v) is 7.20. The van der Waals surface area contributed by atoms with Crippen LogP contribution in [0.3, 0.4) is 0 Å². The average Bonchev–Trinajstić information content (AvgIpc) is 2.80. The van der Waals surface area contributed by atoms with E-state index in [1.54, 1.807) is 12.3 Å². The molecule has 1 heterocycles. The number of anilines is 2. The topological polar surface area (TPSA) is 130 Å². The van der Waals surface area contributed by atoms with Gasteiger partial charge in [0, 0.05) is 18.1 Å².